The molecule has 4 nitrogen and oxygen atoms in total. The maximum atomic E-state index is 13.9. The first-order valence-electron chi connectivity index (χ1n) is 5.06. The fraction of sp³-hybridized carbons (Fsp3) is 0. The molecule has 0 radical (unpaired) electrons. The third-order valence-corrected chi connectivity index (χ3v) is 3.13. The molecule has 2 heterocycles. The molecular weight excluding hydrogens is 303 g/mol. The number of pyridine rings is 1. The summed E-state index contributed by atoms with van der Waals surface area (Å²) in [6.45, 7) is 0. The molecule has 90 valence electrons. The quantitative estimate of drug-likeness (QED) is 0.724. The highest BCUT2D eigenvalue weighted by Gasteiger charge is 2.14. The van der Waals surface area contributed by atoms with Crippen LogP contribution in [0.15, 0.2) is 28.9 Å². The van der Waals surface area contributed by atoms with Gasteiger partial charge in [-0.3, -0.25) is 4.98 Å². The predicted molar refractivity (Wildman–Crippen MR) is 68.2 cm³/mol. The number of carboxylic acids is 1. The number of hydrogen-bond donors (Lipinski definition) is 2. The standard InChI is InChI=1S/C12H6BrFN2O2/c13-6-3-9-11(15-4-6)10-7(14)1-5(12(17)18)2-8(10)16-9/h1-4,16H,(H,17,18). The molecule has 0 fully saturated rings. The van der Waals surface area contributed by atoms with Gasteiger partial charge in [-0.05, 0) is 34.1 Å². The summed E-state index contributed by atoms with van der Waals surface area (Å²) in [4.78, 5) is 18.0. The fourth-order valence-corrected chi connectivity index (χ4v) is 2.28. The Balaban J connectivity index is 2.46. The number of aromatic amines is 1. The number of hydrogen-bond acceptors (Lipinski definition) is 2. The molecule has 0 aliphatic carbocycles. The number of nitrogens with zero attached hydrogens (tertiary/aromatic N) is 1. The second kappa shape index (κ2) is 3.78. The van der Waals surface area contributed by atoms with Crippen molar-refractivity contribution in [2.75, 3.05) is 0 Å². The van der Waals surface area contributed by atoms with E-state index in [1.165, 1.54) is 6.07 Å². The molecule has 0 atom stereocenters. The molecule has 2 aromatic heterocycles. The minimum Gasteiger partial charge on any atom is -0.478 e. The zero-order valence-corrected chi connectivity index (χ0v) is 10.5. The van der Waals surface area contributed by atoms with Crippen molar-refractivity contribution in [2.24, 2.45) is 0 Å². The summed E-state index contributed by atoms with van der Waals surface area (Å²) < 4.78 is 14.7. The van der Waals surface area contributed by atoms with Crippen molar-refractivity contribution >= 4 is 43.8 Å². The van der Waals surface area contributed by atoms with Gasteiger partial charge in [0.1, 0.15) is 5.82 Å². The minimum absolute atomic E-state index is 0.0920. The first-order valence-corrected chi connectivity index (χ1v) is 5.85. The number of halogens is 2. The number of nitrogens with one attached hydrogen (secondary N) is 1. The smallest absolute Gasteiger partial charge is 0.335 e. The normalized spacial score (nSPS) is 11.2. The maximum absolute atomic E-state index is 13.9. The first-order chi connectivity index (χ1) is 8.56. The molecule has 3 rings (SSSR count). The van der Waals surface area contributed by atoms with Crippen molar-refractivity contribution in [3.8, 4) is 0 Å². The van der Waals surface area contributed by atoms with Gasteiger partial charge in [0.25, 0.3) is 0 Å². The van der Waals surface area contributed by atoms with Gasteiger partial charge in [0.05, 0.1) is 27.5 Å². The van der Waals surface area contributed by atoms with E-state index in [0.717, 1.165) is 10.5 Å². The van der Waals surface area contributed by atoms with Crippen molar-refractivity contribution in [3.63, 3.8) is 0 Å². The molecule has 0 bridgehead atoms. The van der Waals surface area contributed by atoms with Crippen LogP contribution in [0.3, 0.4) is 0 Å². The molecular formula is C12H6BrFN2O2. The van der Waals surface area contributed by atoms with Gasteiger partial charge in [0.15, 0.2) is 0 Å². The number of aromatic carboxylic acids is 1. The monoisotopic (exact) mass is 308 g/mol. The Kier molecular flexibility index (Phi) is 2.34. The van der Waals surface area contributed by atoms with E-state index in [4.69, 9.17) is 5.11 Å². The fourth-order valence-electron chi connectivity index (χ4n) is 1.95. The summed E-state index contributed by atoms with van der Waals surface area (Å²) in [5.41, 5.74) is 1.47. The van der Waals surface area contributed by atoms with E-state index in [-0.39, 0.29) is 5.56 Å². The largest absolute Gasteiger partial charge is 0.478 e. The summed E-state index contributed by atoms with van der Waals surface area (Å²) in [6.07, 6.45) is 1.57. The number of H-pyrrole nitrogens is 1. The van der Waals surface area contributed by atoms with E-state index in [2.05, 4.69) is 25.9 Å². The Morgan fingerprint density at radius 3 is 2.83 bits per heavy atom. The van der Waals surface area contributed by atoms with Crippen LogP contribution < -0.4 is 0 Å². The van der Waals surface area contributed by atoms with Crippen molar-refractivity contribution in [1.29, 1.82) is 0 Å². The van der Waals surface area contributed by atoms with Crippen molar-refractivity contribution < 1.29 is 14.3 Å². The maximum Gasteiger partial charge on any atom is 0.335 e. The van der Waals surface area contributed by atoms with Crippen LogP contribution in [0, 0.1) is 5.82 Å². The van der Waals surface area contributed by atoms with E-state index >= 15 is 0 Å². The molecule has 0 spiro atoms. The van der Waals surface area contributed by atoms with Gasteiger partial charge in [-0.1, -0.05) is 0 Å². The molecule has 0 saturated carbocycles. The van der Waals surface area contributed by atoms with E-state index in [1.54, 1.807) is 12.3 Å². The number of carbonyl (C=O) groups is 1. The predicted octanol–water partition coefficient (Wildman–Crippen LogP) is 3.32. The van der Waals surface area contributed by atoms with Crippen molar-refractivity contribution in [2.45, 2.75) is 0 Å². The minimum atomic E-state index is -1.16. The molecule has 2 N–H and O–H groups in total. The van der Waals surface area contributed by atoms with Crippen LogP contribution in [0.2, 0.25) is 0 Å². The van der Waals surface area contributed by atoms with Crippen molar-refractivity contribution in [1.82, 2.24) is 9.97 Å². The van der Waals surface area contributed by atoms with Gasteiger partial charge in [-0.15, -0.1) is 0 Å². The molecule has 0 saturated heterocycles. The Hall–Kier alpha value is -1.95. The van der Waals surface area contributed by atoms with Crippen LogP contribution in [-0.2, 0) is 0 Å². The van der Waals surface area contributed by atoms with Crippen molar-refractivity contribution in [3.05, 3.63) is 40.2 Å². The molecule has 6 heteroatoms. The molecule has 0 amide bonds. The Morgan fingerprint density at radius 2 is 2.11 bits per heavy atom. The number of aromatic nitrogens is 2. The summed E-state index contributed by atoms with van der Waals surface area (Å²) in [7, 11) is 0. The lowest BCUT2D eigenvalue weighted by Gasteiger charge is -1.97. The first kappa shape index (κ1) is 11.2. The van der Waals surface area contributed by atoms with Gasteiger partial charge in [0.2, 0.25) is 0 Å². The van der Waals surface area contributed by atoms with Gasteiger partial charge < -0.3 is 10.1 Å². The van der Waals surface area contributed by atoms with Crippen LogP contribution in [0.25, 0.3) is 21.9 Å². The molecule has 0 unspecified atom stereocenters. The third kappa shape index (κ3) is 1.57. The van der Waals surface area contributed by atoms with Crippen LogP contribution in [0.1, 0.15) is 10.4 Å². The number of benzene rings is 1. The number of fused-ring (bicyclic) bond motifs is 3. The van der Waals surface area contributed by atoms with Crippen LogP contribution in [0.4, 0.5) is 4.39 Å². The lowest BCUT2D eigenvalue weighted by Crippen LogP contribution is -1.96. The van der Waals surface area contributed by atoms with Gasteiger partial charge in [-0.2, -0.15) is 0 Å². The zero-order valence-electron chi connectivity index (χ0n) is 8.87. The second-order valence-electron chi connectivity index (χ2n) is 3.86. The average Bonchev–Trinajstić information content (AvgIpc) is 2.66. The highest BCUT2D eigenvalue weighted by atomic mass is 79.9. The van der Waals surface area contributed by atoms with Crippen LogP contribution >= 0.6 is 15.9 Å². The van der Waals surface area contributed by atoms with Crippen LogP contribution in [-0.4, -0.2) is 21.0 Å². The lowest BCUT2D eigenvalue weighted by molar-refractivity contribution is 0.0696. The van der Waals surface area contributed by atoms with Crippen LogP contribution in [0.5, 0.6) is 0 Å². The highest BCUT2D eigenvalue weighted by molar-refractivity contribution is 9.10. The molecule has 0 aliphatic rings. The van der Waals surface area contributed by atoms with E-state index in [1.807, 2.05) is 0 Å². The lowest BCUT2D eigenvalue weighted by atomic mass is 10.1. The summed E-state index contributed by atoms with van der Waals surface area (Å²) >= 11 is 3.28. The summed E-state index contributed by atoms with van der Waals surface area (Å²) in [5.74, 6) is -1.76. The zero-order chi connectivity index (χ0) is 12.9. The van der Waals surface area contributed by atoms with Gasteiger partial charge in [-0.25, -0.2) is 9.18 Å². The molecule has 18 heavy (non-hydrogen) atoms. The molecule has 1 aromatic carbocycles. The highest BCUT2D eigenvalue weighted by Crippen LogP contribution is 2.28. The second-order valence-corrected chi connectivity index (χ2v) is 4.78. The SMILES string of the molecule is O=C(O)c1cc(F)c2c(c1)[nH]c1cc(Br)cnc12. The number of carboxylic acid groups (broad SMARTS) is 1. The summed E-state index contributed by atoms with van der Waals surface area (Å²) in [6, 6.07) is 4.17. The Labute approximate surface area is 109 Å². The topological polar surface area (TPSA) is 66.0 Å². The van der Waals surface area contributed by atoms with E-state index < -0.39 is 11.8 Å². The molecule has 3 aromatic rings. The third-order valence-electron chi connectivity index (χ3n) is 2.70. The van der Waals surface area contributed by atoms with E-state index in [9.17, 15) is 9.18 Å². The van der Waals surface area contributed by atoms with Gasteiger partial charge in [0, 0.05) is 10.7 Å². The van der Waals surface area contributed by atoms with Gasteiger partial charge >= 0.3 is 5.97 Å². The Morgan fingerprint density at radius 1 is 1.33 bits per heavy atom. The molecule has 0 aliphatic heterocycles. The Bertz CT molecular complexity index is 797. The average molecular weight is 309 g/mol. The summed E-state index contributed by atoms with van der Waals surface area (Å²) in [5, 5.41) is 9.19. The number of rotatable bonds is 1. The van der Waals surface area contributed by atoms with E-state index in [0.29, 0.717) is 21.9 Å².